The van der Waals surface area contributed by atoms with E-state index in [4.69, 9.17) is 10.00 Å². The first-order valence-electron chi connectivity index (χ1n) is 8.06. The molecule has 8 heteroatoms. The molecule has 2 N–H and O–H groups in total. The van der Waals surface area contributed by atoms with Crippen molar-refractivity contribution in [1.29, 1.82) is 5.26 Å². The predicted octanol–water partition coefficient (Wildman–Crippen LogP) is 1.23. The van der Waals surface area contributed by atoms with Gasteiger partial charge in [0.05, 0.1) is 24.7 Å². The lowest BCUT2D eigenvalue weighted by Gasteiger charge is -2.13. The lowest BCUT2D eigenvalue weighted by molar-refractivity contribution is -0.143. The van der Waals surface area contributed by atoms with Crippen molar-refractivity contribution in [1.82, 2.24) is 10.2 Å². The van der Waals surface area contributed by atoms with Crippen LogP contribution >= 0.6 is 0 Å². The second-order valence-corrected chi connectivity index (χ2v) is 5.45. The highest BCUT2D eigenvalue weighted by Crippen LogP contribution is 2.12. The maximum absolute atomic E-state index is 12.2. The van der Waals surface area contributed by atoms with Crippen LogP contribution in [-0.2, 0) is 14.3 Å². The van der Waals surface area contributed by atoms with Gasteiger partial charge in [0.2, 0.25) is 0 Å². The van der Waals surface area contributed by atoms with Crippen LogP contribution in [0.15, 0.2) is 24.3 Å². The van der Waals surface area contributed by atoms with E-state index < -0.39 is 18.0 Å². The summed E-state index contributed by atoms with van der Waals surface area (Å²) in [5.74, 6) is -0.773. The Balaban J connectivity index is 1.79. The standard InChI is InChI=1S/C17H20N4O4/c1-2-25-15(22)8-10-21-16(23)14(20-17(21)24)7-9-19-13-5-3-12(11-18)4-6-13/h3-6,14,19H,2,7-10H2,1H3,(H,20,24)/t14-/m0/s1. The lowest BCUT2D eigenvalue weighted by atomic mass is 10.2. The van der Waals surface area contributed by atoms with Crippen LogP contribution in [0.5, 0.6) is 0 Å². The molecule has 0 radical (unpaired) electrons. The number of carbonyl (C=O) groups is 3. The minimum atomic E-state index is -0.611. The number of anilines is 1. The van der Waals surface area contributed by atoms with Crippen molar-refractivity contribution >= 4 is 23.6 Å². The molecule has 8 nitrogen and oxygen atoms in total. The Morgan fingerprint density at radius 2 is 2.08 bits per heavy atom. The second kappa shape index (κ2) is 8.68. The van der Waals surface area contributed by atoms with Gasteiger partial charge in [0.1, 0.15) is 6.04 Å². The molecule has 1 aliphatic heterocycles. The number of urea groups is 1. The Morgan fingerprint density at radius 3 is 2.72 bits per heavy atom. The first kappa shape index (κ1) is 18.3. The smallest absolute Gasteiger partial charge is 0.324 e. The van der Waals surface area contributed by atoms with Crippen molar-refractivity contribution in [2.45, 2.75) is 25.8 Å². The number of hydrogen-bond donors (Lipinski definition) is 2. The molecular formula is C17H20N4O4. The van der Waals surface area contributed by atoms with Crippen LogP contribution in [0.25, 0.3) is 0 Å². The number of benzene rings is 1. The Morgan fingerprint density at radius 1 is 1.36 bits per heavy atom. The van der Waals surface area contributed by atoms with Crippen LogP contribution < -0.4 is 10.6 Å². The SMILES string of the molecule is CCOC(=O)CCN1C(=O)N[C@@H](CCNc2ccc(C#N)cc2)C1=O. The molecule has 1 heterocycles. The number of amides is 3. The van der Waals surface area contributed by atoms with Gasteiger partial charge < -0.3 is 15.4 Å². The van der Waals surface area contributed by atoms with E-state index in [0.717, 1.165) is 10.6 Å². The van der Waals surface area contributed by atoms with E-state index >= 15 is 0 Å². The number of hydrogen-bond acceptors (Lipinski definition) is 6. The number of rotatable bonds is 8. The molecule has 0 unspecified atom stereocenters. The van der Waals surface area contributed by atoms with Crippen molar-refractivity contribution in [2.24, 2.45) is 0 Å². The summed E-state index contributed by atoms with van der Waals surface area (Å²) < 4.78 is 4.79. The molecule has 1 fully saturated rings. The normalized spacial score (nSPS) is 16.3. The van der Waals surface area contributed by atoms with E-state index in [1.807, 2.05) is 6.07 Å². The van der Waals surface area contributed by atoms with Crippen molar-refractivity contribution in [3.63, 3.8) is 0 Å². The lowest BCUT2D eigenvalue weighted by Crippen LogP contribution is -2.34. The zero-order chi connectivity index (χ0) is 18.2. The zero-order valence-corrected chi connectivity index (χ0v) is 13.9. The molecule has 1 aliphatic rings. The van der Waals surface area contributed by atoms with Gasteiger partial charge in [-0.25, -0.2) is 4.79 Å². The summed E-state index contributed by atoms with van der Waals surface area (Å²) in [7, 11) is 0. The van der Waals surface area contributed by atoms with Crippen molar-refractivity contribution in [3.8, 4) is 6.07 Å². The van der Waals surface area contributed by atoms with Crippen LogP contribution in [0.1, 0.15) is 25.3 Å². The highest BCUT2D eigenvalue weighted by molar-refractivity contribution is 6.04. The number of nitriles is 1. The first-order valence-corrected chi connectivity index (χ1v) is 8.06. The number of ether oxygens (including phenoxy) is 1. The monoisotopic (exact) mass is 344 g/mol. The summed E-state index contributed by atoms with van der Waals surface area (Å²) in [6, 6.07) is 7.89. The molecule has 1 aromatic carbocycles. The topological polar surface area (TPSA) is 112 Å². The molecular weight excluding hydrogens is 324 g/mol. The fourth-order valence-electron chi connectivity index (χ4n) is 2.44. The third-order valence-corrected chi connectivity index (χ3v) is 3.73. The molecule has 3 amide bonds. The molecule has 2 rings (SSSR count). The molecule has 1 saturated heterocycles. The zero-order valence-electron chi connectivity index (χ0n) is 13.9. The van der Waals surface area contributed by atoms with Gasteiger partial charge in [0.15, 0.2) is 0 Å². The molecule has 25 heavy (non-hydrogen) atoms. The molecule has 0 aromatic heterocycles. The summed E-state index contributed by atoms with van der Waals surface area (Å²) in [6.45, 7) is 2.46. The maximum atomic E-state index is 12.2. The Bertz CT molecular complexity index is 681. The molecule has 0 bridgehead atoms. The van der Waals surface area contributed by atoms with Gasteiger partial charge in [-0.15, -0.1) is 0 Å². The number of nitrogens with zero attached hydrogens (tertiary/aromatic N) is 2. The first-order chi connectivity index (χ1) is 12.0. The molecule has 1 aromatic rings. The second-order valence-electron chi connectivity index (χ2n) is 5.45. The molecule has 0 saturated carbocycles. The number of carbonyl (C=O) groups excluding carboxylic acids is 3. The van der Waals surface area contributed by atoms with Gasteiger partial charge in [0, 0.05) is 18.8 Å². The minimum absolute atomic E-state index is 0.0107. The van der Waals surface area contributed by atoms with Gasteiger partial charge in [-0.1, -0.05) is 0 Å². The van der Waals surface area contributed by atoms with Crippen LogP contribution in [0.2, 0.25) is 0 Å². The number of esters is 1. The summed E-state index contributed by atoms with van der Waals surface area (Å²) in [5, 5.41) is 14.5. The third-order valence-electron chi connectivity index (χ3n) is 3.73. The van der Waals surface area contributed by atoms with Crippen molar-refractivity contribution in [2.75, 3.05) is 25.0 Å². The highest BCUT2D eigenvalue weighted by Gasteiger charge is 2.37. The molecule has 1 atom stereocenters. The highest BCUT2D eigenvalue weighted by atomic mass is 16.5. The van der Waals surface area contributed by atoms with E-state index in [2.05, 4.69) is 10.6 Å². The maximum Gasteiger partial charge on any atom is 0.324 e. The van der Waals surface area contributed by atoms with Crippen LogP contribution in [0.4, 0.5) is 10.5 Å². The van der Waals surface area contributed by atoms with E-state index in [1.54, 1.807) is 31.2 Å². The fourth-order valence-corrected chi connectivity index (χ4v) is 2.44. The Kier molecular flexibility index (Phi) is 6.34. The number of nitrogens with one attached hydrogen (secondary N) is 2. The minimum Gasteiger partial charge on any atom is -0.466 e. The third kappa shape index (κ3) is 4.94. The predicted molar refractivity (Wildman–Crippen MR) is 89.5 cm³/mol. The number of imide groups is 1. The van der Waals surface area contributed by atoms with E-state index in [9.17, 15) is 14.4 Å². The molecule has 132 valence electrons. The van der Waals surface area contributed by atoms with Gasteiger partial charge in [0.25, 0.3) is 5.91 Å². The average molecular weight is 344 g/mol. The summed E-state index contributed by atoms with van der Waals surface area (Å²) in [4.78, 5) is 36.5. The van der Waals surface area contributed by atoms with E-state index in [0.29, 0.717) is 18.5 Å². The van der Waals surface area contributed by atoms with Gasteiger partial charge in [-0.05, 0) is 37.6 Å². The molecule has 0 spiro atoms. The summed E-state index contributed by atoms with van der Waals surface area (Å²) in [6.07, 6.45) is 0.406. The van der Waals surface area contributed by atoms with Crippen LogP contribution in [0, 0.1) is 11.3 Å². The van der Waals surface area contributed by atoms with Crippen molar-refractivity contribution in [3.05, 3.63) is 29.8 Å². The van der Waals surface area contributed by atoms with Crippen LogP contribution in [-0.4, -0.2) is 48.5 Å². The van der Waals surface area contributed by atoms with Crippen molar-refractivity contribution < 1.29 is 19.1 Å². The van der Waals surface area contributed by atoms with E-state index in [-0.39, 0.29) is 25.5 Å². The Labute approximate surface area is 145 Å². The summed E-state index contributed by atoms with van der Waals surface area (Å²) in [5.41, 5.74) is 1.40. The van der Waals surface area contributed by atoms with Gasteiger partial charge >= 0.3 is 12.0 Å². The fraction of sp³-hybridized carbons (Fsp3) is 0.412. The summed E-state index contributed by atoms with van der Waals surface area (Å²) >= 11 is 0. The van der Waals surface area contributed by atoms with E-state index in [1.165, 1.54) is 0 Å². The average Bonchev–Trinajstić information content (AvgIpc) is 2.87. The largest absolute Gasteiger partial charge is 0.466 e. The van der Waals surface area contributed by atoms with Crippen LogP contribution in [0.3, 0.4) is 0 Å². The Hall–Kier alpha value is -3.08. The van der Waals surface area contributed by atoms with Gasteiger partial charge in [-0.2, -0.15) is 5.26 Å². The quantitative estimate of drug-likeness (QED) is 0.542. The molecule has 0 aliphatic carbocycles. The van der Waals surface area contributed by atoms with Gasteiger partial charge in [-0.3, -0.25) is 14.5 Å².